The van der Waals surface area contributed by atoms with E-state index in [1.165, 1.54) is 26.4 Å². The summed E-state index contributed by atoms with van der Waals surface area (Å²) in [6.07, 6.45) is 1.30. The summed E-state index contributed by atoms with van der Waals surface area (Å²) in [5.74, 6) is -2.08. The van der Waals surface area contributed by atoms with E-state index >= 15 is 0 Å². The minimum atomic E-state index is -1.43. The zero-order chi connectivity index (χ0) is 25.1. The molecular formula is C26H30N2O6. The van der Waals surface area contributed by atoms with Crippen molar-refractivity contribution in [3.05, 3.63) is 87.1 Å². The predicted octanol–water partition coefficient (Wildman–Crippen LogP) is 4.40. The summed E-state index contributed by atoms with van der Waals surface area (Å²) in [5.41, 5.74) is -0.602. The van der Waals surface area contributed by atoms with E-state index in [-0.39, 0.29) is 11.3 Å². The Hall–Kier alpha value is -3.68. The molecule has 2 aromatic carbocycles. The first-order valence-corrected chi connectivity index (χ1v) is 11.1. The number of hydrogen-bond donors (Lipinski definition) is 1. The molecule has 2 aromatic rings. The Morgan fingerprint density at radius 1 is 1.09 bits per heavy atom. The fourth-order valence-electron chi connectivity index (χ4n) is 5.51. The van der Waals surface area contributed by atoms with Crippen LogP contribution in [0.5, 0.6) is 0 Å². The number of nitrogens with one attached hydrogen (secondary N) is 1. The van der Waals surface area contributed by atoms with E-state index in [2.05, 4.69) is 5.32 Å². The molecule has 0 aromatic heterocycles. The SMILES string of the molecule is CCCC1(C)NC(C)=C(C(=O)OC)C(c2cccc([N+](=O)[O-])c2)C1(C(=O)OC)c1ccccc1. The predicted molar refractivity (Wildman–Crippen MR) is 127 cm³/mol. The Morgan fingerprint density at radius 2 is 1.76 bits per heavy atom. The van der Waals surface area contributed by atoms with Crippen molar-refractivity contribution in [3.63, 3.8) is 0 Å². The van der Waals surface area contributed by atoms with Gasteiger partial charge >= 0.3 is 11.9 Å². The summed E-state index contributed by atoms with van der Waals surface area (Å²) in [6.45, 7) is 5.70. The highest BCUT2D eigenvalue weighted by atomic mass is 16.6. The van der Waals surface area contributed by atoms with Crippen molar-refractivity contribution in [1.29, 1.82) is 0 Å². The summed E-state index contributed by atoms with van der Waals surface area (Å²) < 4.78 is 10.6. The topological polar surface area (TPSA) is 108 Å². The third-order valence-corrected chi connectivity index (χ3v) is 6.77. The number of non-ortho nitro benzene ring substituents is 1. The van der Waals surface area contributed by atoms with Gasteiger partial charge in [-0.05, 0) is 31.4 Å². The van der Waals surface area contributed by atoms with E-state index in [1.54, 1.807) is 19.1 Å². The van der Waals surface area contributed by atoms with Crippen LogP contribution in [0, 0.1) is 10.1 Å². The molecular weight excluding hydrogens is 436 g/mol. The number of carbonyl (C=O) groups is 2. The molecule has 0 saturated carbocycles. The molecule has 1 heterocycles. The largest absolute Gasteiger partial charge is 0.468 e. The van der Waals surface area contributed by atoms with E-state index in [0.29, 0.717) is 23.2 Å². The number of rotatable bonds is 7. The van der Waals surface area contributed by atoms with E-state index in [1.807, 2.05) is 44.2 Å². The summed E-state index contributed by atoms with van der Waals surface area (Å²) in [7, 11) is 2.59. The van der Waals surface area contributed by atoms with Crippen LogP contribution in [0.1, 0.15) is 50.7 Å². The molecule has 8 heteroatoms. The van der Waals surface area contributed by atoms with Gasteiger partial charge in [0.1, 0.15) is 5.41 Å². The van der Waals surface area contributed by atoms with Gasteiger partial charge in [0.2, 0.25) is 0 Å². The normalized spacial score (nSPS) is 24.2. The number of methoxy groups -OCH3 is 2. The van der Waals surface area contributed by atoms with Crippen molar-refractivity contribution in [2.24, 2.45) is 0 Å². The van der Waals surface area contributed by atoms with Crippen molar-refractivity contribution in [2.75, 3.05) is 14.2 Å². The minimum absolute atomic E-state index is 0.137. The second-order valence-electron chi connectivity index (χ2n) is 8.69. The van der Waals surface area contributed by atoms with E-state index in [4.69, 9.17) is 9.47 Å². The minimum Gasteiger partial charge on any atom is -0.468 e. The molecule has 3 rings (SSSR count). The molecule has 0 saturated heterocycles. The van der Waals surface area contributed by atoms with Crippen LogP contribution >= 0.6 is 0 Å². The number of nitrogens with zero attached hydrogens (tertiary/aromatic N) is 1. The molecule has 1 aliphatic heterocycles. The molecule has 3 atom stereocenters. The molecule has 0 amide bonds. The number of benzene rings is 2. The lowest BCUT2D eigenvalue weighted by Gasteiger charge is -2.55. The number of ether oxygens (including phenoxy) is 2. The van der Waals surface area contributed by atoms with Crippen molar-refractivity contribution in [3.8, 4) is 0 Å². The quantitative estimate of drug-likeness (QED) is 0.366. The van der Waals surface area contributed by atoms with Gasteiger partial charge in [-0.15, -0.1) is 0 Å². The Kier molecular flexibility index (Phi) is 7.09. The van der Waals surface area contributed by atoms with Crippen LogP contribution in [-0.4, -0.2) is 36.6 Å². The number of esters is 2. The molecule has 0 radical (unpaired) electrons. The molecule has 3 unspecified atom stereocenters. The van der Waals surface area contributed by atoms with E-state index in [0.717, 1.165) is 6.42 Å². The molecule has 0 bridgehead atoms. The average Bonchev–Trinajstić information content (AvgIpc) is 2.83. The lowest BCUT2D eigenvalue weighted by molar-refractivity contribution is -0.384. The monoisotopic (exact) mass is 466 g/mol. The highest BCUT2D eigenvalue weighted by molar-refractivity contribution is 5.97. The highest BCUT2D eigenvalue weighted by Gasteiger charge is 2.64. The maximum absolute atomic E-state index is 14.0. The summed E-state index contributed by atoms with van der Waals surface area (Å²) in [6, 6.07) is 15.2. The van der Waals surface area contributed by atoms with Gasteiger partial charge in [0, 0.05) is 23.7 Å². The molecule has 0 fully saturated rings. The number of carbonyl (C=O) groups excluding carboxylic acids is 2. The third kappa shape index (κ3) is 3.83. The maximum atomic E-state index is 14.0. The third-order valence-electron chi connectivity index (χ3n) is 6.77. The second kappa shape index (κ2) is 9.67. The number of nitro benzene ring substituents is 1. The molecule has 0 aliphatic carbocycles. The summed E-state index contributed by atoms with van der Waals surface area (Å²) in [5, 5.41) is 15.1. The molecule has 1 N–H and O–H groups in total. The van der Waals surface area contributed by atoms with Gasteiger partial charge in [-0.25, -0.2) is 4.79 Å². The van der Waals surface area contributed by atoms with E-state index < -0.39 is 33.7 Å². The fourth-order valence-corrected chi connectivity index (χ4v) is 5.51. The zero-order valence-corrected chi connectivity index (χ0v) is 20.1. The van der Waals surface area contributed by atoms with Crippen molar-refractivity contribution in [1.82, 2.24) is 5.32 Å². The van der Waals surface area contributed by atoms with Gasteiger partial charge in [-0.2, -0.15) is 0 Å². The zero-order valence-electron chi connectivity index (χ0n) is 20.1. The highest BCUT2D eigenvalue weighted by Crippen LogP contribution is 2.56. The van der Waals surface area contributed by atoms with Crippen LogP contribution in [0.3, 0.4) is 0 Å². The van der Waals surface area contributed by atoms with Crippen molar-refractivity contribution >= 4 is 17.6 Å². The van der Waals surface area contributed by atoms with Crippen molar-refractivity contribution in [2.45, 2.75) is 50.5 Å². The summed E-state index contributed by atoms with van der Waals surface area (Å²) in [4.78, 5) is 38.3. The van der Waals surface area contributed by atoms with Crippen LogP contribution in [-0.2, 0) is 24.5 Å². The van der Waals surface area contributed by atoms with Crippen LogP contribution in [0.15, 0.2) is 65.9 Å². The lowest BCUT2D eigenvalue weighted by atomic mass is 9.52. The maximum Gasteiger partial charge on any atom is 0.336 e. The van der Waals surface area contributed by atoms with Crippen molar-refractivity contribution < 1.29 is 24.0 Å². The fraction of sp³-hybridized carbons (Fsp3) is 0.385. The van der Waals surface area contributed by atoms with Gasteiger partial charge < -0.3 is 14.8 Å². The van der Waals surface area contributed by atoms with Gasteiger partial charge in [0.25, 0.3) is 5.69 Å². The van der Waals surface area contributed by atoms with Crippen LogP contribution in [0.25, 0.3) is 0 Å². The first-order valence-electron chi connectivity index (χ1n) is 11.1. The molecule has 180 valence electrons. The first kappa shape index (κ1) is 25.0. The average molecular weight is 467 g/mol. The van der Waals surface area contributed by atoms with Crippen LogP contribution in [0.4, 0.5) is 5.69 Å². The Labute approximate surface area is 199 Å². The van der Waals surface area contributed by atoms with Crippen LogP contribution in [0.2, 0.25) is 0 Å². The standard InChI is InChI=1S/C26H30N2O6/c1-6-15-25(3)26(24(30)34-5,19-12-8-7-9-13-19)22(21(17(2)27-25)23(29)33-4)18-11-10-14-20(16-18)28(31)32/h7-14,16,22,27H,6,15H2,1-5H3. The Bertz CT molecular complexity index is 1130. The molecule has 0 spiro atoms. The molecule has 1 aliphatic rings. The number of nitro groups is 1. The summed E-state index contributed by atoms with van der Waals surface area (Å²) >= 11 is 0. The second-order valence-corrected chi connectivity index (χ2v) is 8.69. The van der Waals surface area contributed by atoms with Gasteiger partial charge in [-0.1, -0.05) is 55.8 Å². The van der Waals surface area contributed by atoms with Crippen LogP contribution < -0.4 is 5.32 Å². The Morgan fingerprint density at radius 3 is 2.32 bits per heavy atom. The lowest BCUT2D eigenvalue weighted by Crippen LogP contribution is -2.68. The van der Waals surface area contributed by atoms with Gasteiger partial charge in [-0.3, -0.25) is 14.9 Å². The number of hydrogen-bond acceptors (Lipinski definition) is 7. The molecule has 8 nitrogen and oxygen atoms in total. The molecule has 34 heavy (non-hydrogen) atoms. The van der Waals surface area contributed by atoms with Gasteiger partial charge in [0.05, 0.1) is 30.3 Å². The van der Waals surface area contributed by atoms with E-state index in [9.17, 15) is 19.7 Å². The Balaban J connectivity index is 2.54. The number of allylic oxidation sites excluding steroid dienone is 1. The van der Waals surface area contributed by atoms with Gasteiger partial charge in [0.15, 0.2) is 0 Å². The smallest absolute Gasteiger partial charge is 0.336 e. The first-order chi connectivity index (χ1) is 16.2.